The van der Waals surface area contributed by atoms with Crippen molar-refractivity contribution < 1.29 is 12.6 Å². The summed E-state index contributed by atoms with van der Waals surface area (Å²) in [5.41, 5.74) is 2.89. The zero-order chi connectivity index (χ0) is 24.0. The molecular formula is C28H22N2O3S2. The number of aromatic nitrogens is 2. The number of thiophene rings is 1. The van der Waals surface area contributed by atoms with Crippen molar-refractivity contribution in [2.75, 3.05) is 6.61 Å². The Morgan fingerprint density at radius 2 is 1.49 bits per heavy atom. The van der Waals surface area contributed by atoms with E-state index < -0.39 is 10.1 Å². The minimum Gasteiger partial charge on any atom is -0.320 e. The van der Waals surface area contributed by atoms with Gasteiger partial charge in [0.2, 0.25) is 0 Å². The number of imidazole rings is 1. The predicted molar refractivity (Wildman–Crippen MR) is 142 cm³/mol. The molecule has 0 unspecified atom stereocenters. The molecule has 0 spiro atoms. The molecule has 5 nitrogen and oxygen atoms in total. The maximum atomic E-state index is 12.8. The van der Waals surface area contributed by atoms with Crippen LogP contribution in [0.1, 0.15) is 5.56 Å². The zero-order valence-corrected chi connectivity index (χ0v) is 20.6. The lowest BCUT2D eigenvalue weighted by atomic mass is 10.00. The predicted octanol–water partition coefficient (Wildman–Crippen LogP) is 6.79. The van der Waals surface area contributed by atoms with Crippen LogP contribution >= 0.6 is 11.3 Å². The van der Waals surface area contributed by atoms with Crippen molar-refractivity contribution in [2.45, 2.75) is 18.4 Å². The summed E-state index contributed by atoms with van der Waals surface area (Å²) in [6.45, 7) is 2.26. The first-order valence-electron chi connectivity index (χ1n) is 11.3. The van der Waals surface area contributed by atoms with Crippen LogP contribution in [-0.4, -0.2) is 24.6 Å². The van der Waals surface area contributed by atoms with Crippen molar-refractivity contribution >= 4 is 54.0 Å². The molecule has 0 saturated carbocycles. The molecule has 174 valence electrons. The Morgan fingerprint density at radius 3 is 2.17 bits per heavy atom. The lowest BCUT2D eigenvalue weighted by Gasteiger charge is -2.12. The van der Waals surface area contributed by atoms with E-state index in [4.69, 9.17) is 9.17 Å². The summed E-state index contributed by atoms with van der Waals surface area (Å²) >= 11 is 1.61. The molecular weight excluding hydrogens is 476 g/mol. The summed E-state index contributed by atoms with van der Waals surface area (Å²) in [5, 5.41) is 6.47. The van der Waals surface area contributed by atoms with Crippen LogP contribution in [-0.2, 0) is 20.8 Å². The van der Waals surface area contributed by atoms with Gasteiger partial charge in [-0.2, -0.15) is 8.42 Å². The topological polar surface area (TPSA) is 61.2 Å². The van der Waals surface area contributed by atoms with Gasteiger partial charge in [0.1, 0.15) is 0 Å². The number of benzene rings is 4. The van der Waals surface area contributed by atoms with Gasteiger partial charge in [-0.15, -0.1) is 11.3 Å². The third kappa shape index (κ3) is 3.82. The van der Waals surface area contributed by atoms with Crippen molar-refractivity contribution in [2.24, 2.45) is 0 Å². The lowest BCUT2D eigenvalue weighted by Crippen LogP contribution is -2.13. The van der Waals surface area contributed by atoms with Gasteiger partial charge in [-0.1, -0.05) is 72.3 Å². The van der Waals surface area contributed by atoms with Crippen molar-refractivity contribution in [1.82, 2.24) is 9.55 Å². The molecule has 6 rings (SSSR count). The smallest absolute Gasteiger partial charge is 0.297 e. The fourth-order valence-electron chi connectivity index (χ4n) is 4.59. The molecule has 0 atom stereocenters. The minimum atomic E-state index is -3.86. The molecule has 4 aromatic carbocycles. The van der Waals surface area contributed by atoms with Crippen molar-refractivity contribution in [1.29, 1.82) is 0 Å². The quantitative estimate of drug-likeness (QED) is 0.187. The molecule has 0 bridgehead atoms. The summed E-state index contributed by atoms with van der Waals surface area (Å²) in [5.74, 6) is 0.813. The van der Waals surface area contributed by atoms with Crippen LogP contribution in [0.25, 0.3) is 43.3 Å². The molecule has 0 aliphatic carbocycles. The molecule has 0 amide bonds. The number of nitrogens with zero attached hydrogens (tertiary/aromatic N) is 2. The Labute approximate surface area is 207 Å². The highest BCUT2D eigenvalue weighted by Gasteiger charge is 2.20. The maximum absolute atomic E-state index is 12.8. The van der Waals surface area contributed by atoms with Gasteiger partial charge in [-0.25, -0.2) is 4.98 Å². The van der Waals surface area contributed by atoms with Gasteiger partial charge in [-0.3, -0.25) is 4.18 Å². The van der Waals surface area contributed by atoms with Gasteiger partial charge in [0.05, 0.1) is 27.4 Å². The van der Waals surface area contributed by atoms with E-state index in [-0.39, 0.29) is 11.5 Å². The number of rotatable bonds is 6. The van der Waals surface area contributed by atoms with E-state index in [9.17, 15) is 8.42 Å². The first kappa shape index (κ1) is 22.0. The molecule has 0 aliphatic rings. The van der Waals surface area contributed by atoms with E-state index in [0.717, 1.165) is 48.8 Å². The molecule has 2 heterocycles. The fourth-order valence-corrected chi connectivity index (χ4v) is 6.21. The maximum Gasteiger partial charge on any atom is 0.297 e. The molecule has 7 heteroatoms. The van der Waals surface area contributed by atoms with Gasteiger partial charge >= 0.3 is 0 Å². The van der Waals surface area contributed by atoms with E-state index in [1.807, 2.05) is 48.7 Å². The van der Waals surface area contributed by atoms with E-state index in [1.165, 1.54) is 0 Å². The SMILES string of the molecule is Cc1ccc(S(=O)(=O)OCCn2c(-c3cccs3)nc3c4ccccc4c4ccccc4c32)cc1. The molecule has 0 radical (unpaired) electrons. The Kier molecular flexibility index (Phi) is 5.40. The molecule has 0 N–H and O–H groups in total. The first-order chi connectivity index (χ1) is 17.0. The first-order valence-corrected chi connectivity index (χ1v) is 13.6. The van der Waals surface area contributed by atoms with Crippen LogP contribution in [0.4, 0.5) is 0 Å². The normalized spacial score (nSPS) is 12.1. The summed E-state index contributed by atoms with van der Waals surface area (Å²) in [6, 6.07) is 27.3. The number of hydrogen-bond acceptors (Lipinski definition) is 5. The van der Waals surface area contributed by atoms with Gasteiger partial charge in [0.25, 0.3) is 10.1 Å². The third-order valence-corrected chi connectivity index (χ3v) is 8.42. The van der Waals surface area contributed by atoms with Crippen molar-refractivity contribution in [3.63, 3.8) is 0 Å². The summed E-state index contributed by atoms with van der Waals surface area (Å²) in [4.78, 5) is 6.27. The van der Waals surface area contributed by atoms with Gasteiger partial charge in [0.15, 0.2) is 5.82 Å². The van der Waals surface area contributed by atoms with Crippen LogP contribution in [0.5, 0.6) is 0 Å². The van der Waals surface area contributed by atoms with Crippen LogP contribution in [0, 0.1) is 6.92 Å². The minimum absolute atomic E-state index is 0.00119. The van der Waals surface area contributed by atoms with E-state index in [2.05, 4.69) is 28.8 Å². The molecule has 0 aliphatic heterocycles. The highest BCUT2D eigenvalue weighted by Crippen LogP contribution is 2.38. The third-order valence-electron chi connectivity index (χ3n) is 6.23. The average Bonchev–Trinajstić information content (AvgIpc) is 3.53. The lowest BCUT2D eigenvalue weighted by molar-refractivity contribution is 0.303. The standard InChI is InChI=1S/C28H22N2O3S2/c1-19-12-14-20(15-13-19)35(31,32)33-17-16-30-27-24-10-5-3-8-22(24)21-7-2-4-9-23(21)26(27)29-28(30)25-11-6-18-34-25/h2-15,18H,16-17H2,1H3. The second kappa shape index (κ2) is 8.61. The molecule has 0 saturated heterocycles. The highest BCUT2D eigenvalue weighted by atomic mass is 32.2. The van der Waals surface area contributed by atoms with E-state index >= 15 is 0 Å². The van der Waals surface area contributed by atoms with E-state index in [0.29, 0.717) is 6.54 Å². The number of hydrogen-bond donors (Lipinski definition) is 0. The largest absolute Gasteiger partial charge is 0.320 e. The molecule has 35 heavy (non-hydrogen) atoms. The van der Waals surface area contributed by atoms with Crippen LogP contribution in [0.3, 0.4) is 0 Å². The van der Waals surface area contributed by atoms with E-state index in [1.54, 1.807) is 35.6 Å². The summed E-state index contributed by atoms with van der Waals surface area (Å²) < 4.78 is 33.2. The molecule has 0 fully saturated rings. The summed E-state index contributed by atoms with van der Waals surface area (Å²) in [7, 11) is -3.86. The number of fused-ring (bicyclic) bond motifs is 6. The molecule has 6 aromatic rings. The fraction of sp³-hybridized carbons (Fsp3) is 0.107. The van der Waals surface area contributed by atoms with Crippen molar-refractivity contribution in [3.05, 3.63) is 95.9 Å². The van der Waals surface area contributed by atoms with Gasteiger partial charge < -0.3 is 4.57 Å². The second-order valence-corrected chi connectivity index (χ2v) is 11.0. The van der Waals surface area contributed by atoms with Gasteiger partial charge in [-0.05, 0) is 41.3 Å². The summed E-state index contributed by atoms with van der Waals surface area (Å²) in [6.07, 6.45) is 0. The highest BCUT2D eigenvalue weighted by molar-refractivity contribution is 7.86. The second-order valence-electron chi connectivity index (χ2n) is 8.44. The van der Waals surface area contributed by atoms with Crippen molar-refractivity contribution in [3.8, 4) is 10.7 Å². The van der Waals surface area contributed by atoms with Crippen LogP contribution in [0.2, 0.25) is 0 Å². The Morgan fingerprint density at radius 1 is 0.829 bits per heavy atom. The van der Waals surface area contributed by atoms with Crippen LogP contribution < -0.4 is 0 Å². The van der Waals surface area contributed by atoms with Crippen LogP contribution in [0.15, 0.2) is 95.2 Å². The zero-order valence-electron chi connectivity index (χ0n) is 19.0. The average molecular weight is 499 g/mol. The molecule has 2 aromatic heterocycles. The Balaban J connectivity index is 1.49. The monoisotopic (exact) mass is 498 g/mol. The Hall–Kier alpha value is -3.52. The number of aryl methyl sites for hydroxylation is 1. The van der Waals surface area contributed by atoms with Gasteiger partial charge in [0, 0.05) is 17.3 Å². The Bertz CT molecular complexity index is 1790.